The van der Waals surface area contributed by atoms with E-state index in [0.717, 1.165) is 21.7 Å². The summed E-state index contributed by atoms with van der Waals surface area (Å²) in [7, 11) is 0. The third kappa shape index (κ3) is 4.25. The lowest BCUT2D eigenvalue weighted by Crippen LogP contribution is -2.22. The van der Waals surface area contributed by atoms with Crippen molar-refractivity contribution in [3.8, 4) is 11.3 Å². The Hall–Kier alpha value is -3.77. The average Bonchev–Trinajstić information content (AvgIpc) is 3.44. The van der Waals surface area contributed by atoms with Gasteiger partial charge in [0.15, 0.2) is 11.5 Å². The van der Waals surface area contributed by atoms with Gasteiger partial charge >= 0.3 is 0 Å². The molecule has 0 radical (unpaired) electrons. The molecule has 3 aromatic carbocycles. The van der Waals surface area contributed by atoms with Gasteiger partial charge in [0, 0.05) is 17.5 Å². The predicted molar refractivity (Wildman–Crippen MR) is 122 cm³/mol. The first-order valence-electron chi connectivity index (χ1n) is 9.95. The van der Waals surface area contributed by atoms with E-state index in [-0.39, 0.29) is 5.91 Å². The first-order chi connectivity index (χ1) is 15.3. The Balaban J connectivity index is 1.30. The molecule has 6 heteroatoms. The monoisotopic (exact) mass is 425 g/mol. The number of thiazole rings is 1. The molecule has 0 bridgehead atoms. The predicted octanol–water partition coefficient (Wildman–Crippen LogP) is 5.47. The van der Waals surface area contributed by atoms with Crippen LogP contribution < -0.4 is 5.32 Å². The van der Waals surface area contributed by atoms with Gasteiger partial charge in [-0.05, 0) is 23.8 Å². The number of rotatable bonds is 6. The van der Waals surface area contributed by atoms with Crippen LogP contribution in [-0.2, 0) is 13.0 Å². The Labute approximate surface area is 183 Å². The van der Waals surface area contributed by atoms with Gasteiger partial charge in [0.1, 0.15) is 5.52 Å². The SMILES string of the molecule is O=C(NCc1scnc1-c1ccccc1)c1ccc2oc(Cc3ccccc3)nc2c1. The molecule has 0 aliphatic carbocycles. The second kappa shape index (κ2) is 8.53. The van der Waals surface area contributed by atoms with Gasteiger partial charge in [-0.1, -0.05) is 60.7 Å². The van der Waals surface area contributed by atoms with E-state index in [4.69, 9.17) is 4.42 Å². The molecule has 0 aliphatic heterocycles. The van der Waals surface area contributed by atoms with Crippen molar-refractivity contribution < 1.29 is 9.21 Å². The molecule has 31 heavy (non-hydrogen) atoms. The standard InChI is InChI=1S/C25H19N3O2S/c29-25(26-15-22-24(27-16-31-22)18-9-5-2-6-10-18)19-11-12-21-20(14-19)28-23(30-21)13-17-7-3-1-4-8-17/h1-12,14,16H,13,15H2,(H,26,29). The van der Waals surface area contributed by atoms with Crippen LogP contribution >= 0.6 is 11.3 Å². The van der Waals surface area contributed by atoms with E-state index in [2.05, 4.69) is 15.3 Å². The van der Waals surface area contributed by atoms with Gasteiger partial charge < -0.3 is 9.73 Å². The summed E-state index contributed by atoms with van der Waals surface area (Å²) in [6.07, 6.45) is 0.616. The molecule has 5 aromatic rings. The molecule has 152 valence electrons. The molecular weight excluding hydrogens is 406 g/mol. The minimum Gasteiger partial charge on any atom is -0.440 e. The fourth-order valence-corrected chi connectivity index (χ4v) is 4.18. The van der Waals surface area contributed by atoms with Gasteiger partial charge in [0.2, 0.25) is 0 Å². The van der Waals surface area contributed by atoms with Crippen molar-refractivity contribution in [2.75, 3.05) is 0 Å². The van der Waals surface area contributed by atoms with E-state index < -0.39 is 0 Å². The number of carbonyl (C=O) groups excluding carboxylic acids is 1. The van der Waals surface area contributed by atoms with Gasteiger partial charge in [-0.3, -0.25) is 4.79 Å². The topological polar surface area (TPSA) is 68.0 Å². The highest BCUT2D eigenvalue weighted by Crippen LogP contribution is 2.25. The summed E-state index contributed by atoms with van der Waals surface area (Å²) in [6.45, 7) is 0.420. The number of hydrogen-bond acceptors (Lipinski definition) is 5. The number of hydrogen-bond donors (Lipinski definition) is 1. The number of oxazole rings is 1. The maximum atomic E-state index is 12.7. The second-order valence-electron chi connectivity index (χ2n) is 7.13. The Morgan fingerprint density at radius 2 is 1.74 bits per heavy atom. The van der Waals surface area contributed by atoms with Gasteiger partial charge in [0.05, 0.1) is 22.6 Å². The molecule has 0 aliphatic rings. The number of carbonyl (C=O) groups is 1. The normalized spacial score (nSPS) is 11.0. The lowest BCUT2D eigenvalue weighted by atomic mass is 10.1. The largest absolute Gasteiger partial charge is 0.440 e. The number of nitrogens with one attached hydrogen (secondary N) is 1. The van der Waals surface area contributed by atoms with Crippen LogP contribution in [0.2, 0.25) is 0 Å². The molecule has 0 saturated carbocycles. The van der Waals surface area contributed by atoms with Gasteiger partial charge in [-0.15, -0.1) is 11.3 Å². The Kier molecular flexibility index (Phi) is 5.29. The molecule has 2 aromatic heterocycles. The zero-order valence-electron chi connectivity index (χ0n) is 16.6. The minimum atomic E-state index is -0.151. The van der Waals surface area contributed by atoms with E-state index in [1.807, 2.05) is 60.7 Å². The summed E-state index contributed by atoms with van der Waals surface area (Å²) in [6, 6.07) is 25.4. The fraction of sp³-hybridized carbons (Fsp3) is 0.0800. The number of fused-ring (bicyclic) bond motifs is 1. The zero-order chi connectivity index (χ0) is 21.0. The number of aromatic nitrogens is 2. The molecule has 0 spiro atoms. The van der Waals surface area contributed by atoms with Crippen LogP contribution in [0.1, 0.15) is 26.7 Å². The highest BCUT2D eigenvalue weighted by Gasteiger charge is 2.13. The molecule has 2 heterocycles. The van der Waals surface area contributed by atoms with Crippen LogP contribution in [0.25, 0.3) is 22.4 Å². The lowest BCUT2D eigenvalue weighted by molar-refractivity contribution is 0.0951. The molecule has 1 N–H and O–H groups in total. The molecule has 0 saturated heterocycles. The van der Waals surface area contributed by atoms with Crippen LogP contribution in [0.5, 0.6) is 0 Å². The third-order valence-electron chi connectivity index (χ3n) is 4.99. The van der Waals surface area contributed by atoms with E-state index in [1.165, 1.54) is 11.3 Å². The summed E-state index contributed by atoms with van der Waals surface area (Å²) < 4.78 is 5.84. The van der Waals surface area contributed by atoms with Gasteiger partial charge in [-0.25, -0.2) is 9.97 Å². The number of nitrogens with zero attached hydrogens (tertiary/aromatic N) is 2. The van der Waals surface area contributed by atoms with Crippen molar-refractivity contribution in [2.24, 2.45) is 0 Å². The molecule has 0 atom stereocenters. The minimum absolute atomic E-state index is 0.151. The Morgan fingerprint density at radius 1 is 0.968 bits per heavy atom. The van der Waals surface area contributed by atoms with E-state index in [9.17, 15) is 4.79 Å². The zero-order valence-corrected chi connectivity index (χ0v) is 17.4. The molecule has 0 unspecified atom stereocenters. The molecule has 5 rings (SSSR count). The highest BCUT2D eigenvalue weighted by molar-refractivity contribution is 7.10. The van der Waals surface area contributed by atoms with E-state index >= 15 is 0 Å². The summed E-state index contributed by atoms with van der Waals surface area (Å²) in [4.78, 5) is 22.8. The quantitative estimate of drug-likeness (QED) is 0.392. The first-order valence-corrected chi connectivity index (χ1v) is 10.8. The lowest BCUT2D eigenvalue weighted by Gasteiger charge is -2.06. The molecule has 0 fully saturated rings. The number of amides is 1. The first kappa shape index (κ1) is 19.2. The van der Waals surface area contributed by atoms with Crippen LogP contribution in [0, 0.1) is 0 Å². The molecule has 1 amide bonds. The van der Waals surface area contributed by atoms with Crippen LogP contribution in [0.3, 0.4) is 0 Å². The Bertz CT molecular complexity index is 1330. The van der Waals surface area contributed by atoms with Gasteiger partial charge in [-0.2, -0.15) is 0 Å². The highest BCUT2D eigenvalue weighted by atomic mass is 32.1. The van der Waals surface area contributed by atoms with Crippen molar-refractivity contribution in [1.29, 1.82) is 0 Å². The van der Waals surface area contributed by atoms with Crippen LogP contribution in [0.4, 0.5) is 0 Å². The van der Waals surface area contributed by atoms with Gasteiger partial charge in [0.25, 0.3) is 5.91 Å². The summed E-state index contributed by atoms with van der Waals surface area (Å²) in [5.74, 6) is 0.484. The van der Waals surface area contributed by atoms with Crippen molar-refractivity contribution in [3.63, 3.8) is 0 Å². The van der Waals surface area contributed by atoms with Crippen molar-refractivity contribution in [3.05, 3.63) is 106 Å². The molecular formula is C25H19N3O2S. The number of benzene rings is 3. The summed E-state index contributed by atoms with van der Waals surface area (Å²) in [5, 5.41) is 3.00. The summed E-state index contributed by atoms with van der Waals surface area (Å²) in [5.41, 5.74) is 6.80. The molecule has 5 nitrogen and oxygen atoms in total. The van der Waals surface area contributed by atoms with Crippen molar-refractivity contribution in [1.82, 2.24) is 15.3 Å². The van der Waals surface area contributed by atoms with E-state index in [0.29, 0.717) is 35.5 Å². The Morgan fingerprint density at radius 3 is 2.55 bits per heavy atom. The van der Waals surface area contributed by atoms with Crippen molar-refractivity contribution in [2.45, 2.75) is 13.0 Å². The average molecular weight is 426 g/mol. The second-order valence-corrected chi connectivity index (χ2v) is 8.06. The maximum absolute atomic E-state index is 12.7. The van der Waals surface area contributed by atoms with Crippen LogP contribution in [-0.4, -0.2) is 15.9 Å². The fourth-order valence-electron chi connectivity index (χ4n) is 3.45. The smallest absolute Gasteiger partial charge is 0.251 e. The summed E-state index contributed by atoms with van der Waals surface area (Å²) >= 11 is 1.54. The maximum Gasteiger partial charge on any atom is 0.251 e. The van der Waals surface area contributed by atoms with Crippen molar-refractivity contribution >= 4 is 28.3 Å². The van der Waals surface area contributed by atoms with Crippen LogP contribution in [0.15, 0.2) is 88.8 Å². The van der Waals surface area contributed by atoms with E-state index in [1.54, 1.807) is 23.7 Å². The third-order valence-corrected chi connectivity index (χ3v) is 5.82.